The molecule has 130 valence electrons. The van der Waals surface area contributed by atoms with Crippen LogP contribution in [-0.2, 0) is 10.0 Å². The van der Waals surface area contributed by atoms with E-state index in [1.165, 1.54) is 10.6 Å². The van der Waals surface area contributed by atoms with Gasteiger partial charge in [-0.3, -0.25) is 4.79 Å². The number of methoxy groups -OCH3 is 1. The Bertz CT molecular complexity index is 597. The smallest absolute Gasteiger partial charge is 0.251 e. The zero-order valence-corrected chi connectivity index (χ0v) is 15.0. The molecule has 0 saturated heterocycles. The van der Waals surface area contributed by atoms with Crippen LogP contribution in [0.15, 0.2) is 24.3 Å². The van der Waals surface area contributed by atoms with E-state index < -0.39 is 10.0 Å². The maximum Gasteiger partial charge on any atom is 0.251 e. The van der Waals surface area contributed by atoms with E-state index in [0.29, 0.717) is 23.8 Å². The standard InChI is InChI=1S/C16H26N2O4S/c1-13(2)9-11-18(23(4,20)21)12-10-17-16(19)14-5-7-15(22-3)8-6-14/h5-8,13H,9-12H2,1-4H3,(H,17,19). The van der Waals surface area contributed by atoms with Crippen molar-refractivity contribution in [1.82, 2.24) is 9.62 Å². The molecule has 0 aliphatic carbocycles. The summed E-state index contributed by atoms with van der Waals surface area (Å²) in [6, 6.07) is 6.75. The van der Waals surface area contributed by atoms with Crippen molar-refractivity contribution in [2.24, 2.45) is 5.92 Å². The van der Waals surface area contributed by atoms with Crippen LogP contribution in [0, 0.1) is 5.92 Å². The first-order valence-corrected chi connectivity index (χ1v) is 9.46. The van der Waals surface area contributed by atoms with Crippen LogP contribution in [0.5, 0.6) is 5.75 Å². The van der Waals surface area contributed by atoms with Crippen LogP contribution in [-0.4, -0.2) is 51.6 Å². The summed E-state index contributed by atoms with van der Waals surface area (Å²) in [5.74, 6) is 0.872. The summed E-state index contributed by atoms with van der Waals surface area (Å²) in [4.78, 5) is 12.0. The van der Waals surface area contributed by atoms with E-state index in [1.807, 2.05) is 13.8 Å². The summed E-state index contributed by atoms with van der Waals surface area (Å²) < 4.78 is 30.0. The number of carbonyl (C=O) groups is 1. The molecule has 0 atom stereocenters. The van der Waals surface area contributed by atoms with Crippen molar-refractivity contribution in [1.29, 1.82) is 0 Å². The molecule has 0 bridgehead atoms. The van der Waals surface area contributed by atoms with Gasteiger partial charge >= 0.3 is 0 Å². The molecular formula is C16H26N2O4S. The predicted molar refractivity (Wildman–Crippen MR) is 91.2 cm³/mol. The first-order chi connectivity index (χ1) is 10.7. The largest absolute Gasteiger partial charge is 0.497 e. The van der Waals surface area contributed by atoms with Crippen molar-refractivity contribution in [2.45, 2.75) is 20.3 Å². The zero-order chi connectivity index (χ0) is 17.5. The van der Waals surface area contributed by atoms with E-state index >= 15 is 0 Å². The van der Waals surface area contributed by atoms with E-state index in [-0.39, 0.29) is 19.0 Å². The summed E-state index contributed by atoms with van der Waals surface area (Å²) in [7, 11) is -1.71. The van der Waals surface area contributed by atoms with Crippen molar-refractivity contribution in [3.8, 4) is 5.75 Å². The third-order valence-electron chi connectivity index (χ3n) is 3.42. The molecule has 6 nitrogen and oxygen atoms in total. The van der Waals surface area contributed by atoms with Gasteiger partial charge in [-0.2, -0.15) is 0 Å². The van der Waals surface area contributed by atoms with Crippen molar-refractivity contribution in [3.05, 3.63) is 29.8 Å². The first kappa shape index (κ1) is 19.4. The third-order valence-corrected chi connectivity index (χ3v) is 4.73. The summed E-state index contributed by atoms with van der Waals surface area (Å²) in [5.41, 5.74) is 0.513. The number of hydrogen-bond donors (Lipinski definition) is 1. The van der Waals surface area contributed by atoms with Crippen LogP contribution in [0.3, 0.4) is 0 Å². The quantitative estimate of drug-likeness (QED) is 0.741. The van der Waals surface area contributed by atoms with Crippen LogP contribution in [0.2, 0.25) is 0 Å². The number of ether oxygens (including phenoxy) is 1. The number of hydrogen-bond acceptors (Lipinski definition) is 4. The van der Waals surface area contributed by atoms with E-state index in [9.17, 15) is 13.2 Å². The number of amides is 1. The highest BCUT2D eigenvalue weighted by Gasteiger charge is 2.17. The van der Waals surface area contributed by atoms with Gasteiger partial charge < -0.3 is 10.1 Å². The molecule has 23 heavy (non-hydrogen) atoms. The Morgan fingerprint density at radius 2 is 1.83 bits per heavy atom. The molecule has 0 fully saturated rings. The van der Waals surface area contributed by atoms with Gasteiger partial charge in [-0.1, -0.05) is 13.8 Å². The van der Waals surface area contributed by atoms with Gasteiger partial charge in [0.2, 0.25) is 10.0 Å². The molecule has 0 unspecified atom stereocenters. The number of rotatable bonds is 9. The third kappa shape index (κ3) is 7.00. The molecule has 0 heterocycles. The summed E-state index contributed by atoms with van der Waals surface area (Å²) >= 11 is 0. The van der Waals surface area contributed by atoms with Crippen molar-refractivity contribution in [3.63, 3.8) is 0 Å². The number of benzene rings is 1. The van der Waals surface area contributed by atoms with Gasteiger partial charge in [-0.25, -0.2) is 12.7 Å². The number of sulfonamides is 1. The molecule has 0 saturated carbocycles. The molecule has 1 aromatic carbocycles. The lowest BCUT2D eigenvalue weighted by atomic mass is 10.1. The number of carbonyl (C=O) groups excluding carboxylic acids is 1. The molecule has 7 heteroatoms. The highest BCUT2D eigenvalue weighted by molar-refractivity contribution is 7.88. The average Bonchev–Trinajstić information content (AvgIpc) is 2.49. The first-order valence-electron chi connectivity index (χ1n) is 7.61. The summed E-state index contributed by atoms with van der Waals surface area (Å²) in [5, 5.41) is 2.74. The highest BCUT2D eigenvalue weighted by Crippen LogP contribution is 2.11. The van der Waals surface area contributed by atoms with Crippen molar-refractivity contribution < 1.29 is 17.9 Å². The molecule has 0 aliphatic heterocycles. The molecule has 1 rings (SSSR count). The molecule has 1 aromatic rings. The number of nitrogens with zero attached hydrogens (tertiary/aromatic N) is 1. The number of nitrogens with one attached hydrogen (secondary N) is 1. The average molecular weight is 342 g/mol. The fraction of sp³-hybridized carbons (Fsp3) is 0.562. The van der Waals surface area contributed by atoms with Crippen LogP contribution in [0.4, 0.5) is 0 Å². The Morgan fingerprint density at radius 1 is 1.22 bits per heavy atom. The lowest BCUT2D eigenvalue weighted by Crippen LogP contribution is -2.38. The monoisotopic (exact) mass is 342 g/mol. The van der Waals surface area contributed by atoms with E-state index in [4.69, 9.17) is 4.74 Å². The van der Waals surface area contributed by atoms with Gasteiger partial charge in [0.05, 0.1) is 13.4 Å². The molecule has 1 N–H and O–H groups in total. The van der Waals surface area contributed by atoms with E-state index in [1.54, 1.807) is 31.4 Å². The maximum absolute atomic E-state index is 12.0. The highest BCUT2D eigenvalue weighted by atomic mass is 32.2. The van der Waals surface area contributed by atoms with Gasteiger partial charge in [0.25, 0.3) is 5.91 Å². The Kier molecular flexibility index (Phi) is 7.51. The topological polar surface area (TPSA) is 75.7 Å². The van der Waals surface area contributed by atoms with Gasteiger partial charge in [-0.05, 0) is 36.6 Å². The normalized spacial score (nSPS) is 11.7. The molecular weight excluding hydrogens is 316 g/mol. The lowest BCUT2D eigenvalue weighted by Gasteiger charge is -2.21. The molecule has 0 spiro atoms. The second-order valence-corrected chi connectivity index (χ2v) is 7.81. The van der Waals surface area contributed by atoms with Gasteiger partial charge in [0.15, 0.2) is 0 Å². The van der Waals surface area contributed by atoms with Crippen LogP contribution >= 0.6 is 0 Å². The molecule has 0 aromatic heterocycles. The molecule has 0 aliphatic rings. The Balaban J connectivity index is 2.52. The van der Waals surface area contributed by atoms with Gasteiger partial charge in [0.1, 0.15) is 5.75 Å². The molecule has 1 amide bonds. The van der Waals surface area contributed by atoms with Crippen LogP contribution in [0.1, 0.15) is 30.6 Å². The fourth-order valence-corrected chi connectivity index (χ4v) is 2.84. The minimum atomic E-state index is -3.27. The summed E-state index contributed by atoms with van der Waals surface area (Å²) in [6.07, 6.45) is 1.98. The minimum absolute atomic E-state index is 0.232. The fourth-order valence-electron chi connectivity index (χ4n) is 1.98. The van der Waals surface area contributed by atoms with E-state index in [0.717, 1.165) is 6.42 Å². The SMILES string of the molecule is COc1ccc(C(=O)NCCN(CCC(C)C)S(C)(=O)=O)cc1. The van der Waals surface area contributed by atoms with Crippen molar-refractivity contribution >= 4 is 15.9 Å². The summed E-state index contributed by atoms with van der Waals surface area (Å²) in [6.45, 7) is 5.11. The predicted octanol–water partition coefficient (Wildman–Crippen LogP) is 1.73. The second kappa shape index (κ2) is 8.88. The lowest BCUT2D eigenvalue weighted by molar-refractivity contribution is 0.0951. The molecule has 0 radical (unpaired) electrons. The zero-order valence-electron chi connectivity index (χ0n) is 14.2. The van der Waals surface area contributed by atoms with Gasteiger partial charge in [0, 0.05) is 25.2 Å². The Hall–Kier alpha value is -1.60. The van der Waals surface area contributed by atoms with E-state index in [2.05, 4.69) is 5.32 Å². The Labute approximate surface area is 138 Å². The minimum Gasteiger partial charge on any atom is -0.497 e. The second-order valence-electron chi connectivity index (χ2n) is 5.83. The van der Waals surface area contributed by atoms with Crippen molar-refractivity contribution in [2.75, 3.05) is 33.0 Å². The van der Waals surface area contributed by atoms with Gasteiger partial charge in [-0.15, -0.1) is 0 Å². The Morgan fingerprint density at radius 3 is 2.30 bits per heavy atom. The maximum atomic E-state index is 12.0. The van der Waals surface area contributed by atoms with Crippen LogP contribution < -0.4 is 10.1 Å². The van der Waals surface area contributed by atoms with Crippen LogP contribution in [0.25, 0.3) is 0 Å².